The molecule has 0 aliphatic carbocycles. The van der Waals surface area contributed by atoms with E-state index in [1.54, 1.807) is 0 Å². The minimum Gasteiger partial charge on any atom is -0.478 e. The summed E-state index contributed by atoms with van der Waals surface area (Å²) < 4.78 is 0. The highest BCUT2D eigenvalue weighted by atomic mass is 16.4. The molecular weight excluding hydrogens is 302 g/mol. The Morgan fingerprint density at radius 3 is 2.13 bits per heavy atom. The highest BCUT2D eigenvalue weighted by Crippen LogP contribution is 2.18. The standard InChI is InChI=1S/C15H15N3O5/c16-10-1-9(15(22)23)4-11(5-10)18-14(21)8-2-12(6-19)17-13(3-8)7-20/h1-5,19-20H,6-7,16H2,(H,18,21)(H,22,23). The highest BCUT2D eigenvalue weighted by molar-refractivity contribution is 6.05. The van der Waals surface area contributed by atoms with Crippen molar-refractivity contribution in [1.29, 1.82) is 0 Å². The van der Waals surface area contributed by atoms with E-state index in [1.165, 1.54) is 30.3 Å². The molecule has 6 N–H and O–H groups in total. The maximum atomic E-state index is 12.3. The van der Waals surface area contributed by atoms with E-state index >= 15 is 0 Å². The van der Waals surface area contributed by atoms with Gasteiger partial charge in [0.2, 0.25) is 0 Å². The SMILES string of the molecule is Nc1cc(NC(=O)c2cc(CO)nc(CO)c2)cc(C(=O)O)c1. The molecule has 8 heteroatoms. The molecular formula is C15H15N3O5. The molecule has 1 amide bonds. The molecule has 1 heterocycles. The van der Waals surface area contributed by atoms with Gasteiger partial charge in [0.15, 0.2) is 0 Å². The van der Waals surface area contributed by atoms with Crippen LogP contribution in [0.1, 0.15) is 32.1 Å². The molecule has 0 spiro atoms. The third kappa shape index (κ3) is 4.02. The quantitative estimate of drug-likeness (QED) is 0.507. The Morgan fingerprint density at radius 1 is 1.00 bits per heavy atom. The van der Waals surface area contributed by atoms with Crippen molar-refractivity contribution in [2.75, 3.05) is 11.1 Å². The van der Waals surface area contributed by atoms with Crippen molar-refractivity contribution in [3.05, 3.63) is 52.8 Å². The van der Waals surface area contributed by atoms with Crippen LogP contribution in [0.25, 0.3) is 0 Å². The molecule has 8 nitrogen and oxygen atoms in total. The number of anilines is 2. The number of hydrogen-bond donors (Lipinski definition) is 5. The number of carbonyl (C=O) groups is 2. The predicted octanol–water partition coefficient (Wildman–Crippen LogP) is 0.599. The second-order valence-corrected chi connectivity index (χ2v) is 4.76. The number of benzene rings is 1. The number of carboxylic acid groups (broad SMARTS) is 1. The molecule has 0 saturated carbocycles. The Hall–Kier alpha value is -2.97. The number of rotatable bonds is 5. The molecule has 2 aromatic rings. The van der Waals surface area contributed by atoms with Gasteiger partial charge in [-0.2, -0.15) is 0 Å². The second-order valence-electron chi connectivity index (χ2n) is 4.76. The number of aliphatic hydroxyl groups excluding tert-OH is 2. The van der Waals surface area contributed by atoms with Crippen LogP contribution in [-0.4, -0.2) is 32.2 Å². The van der Waals surface area contributed by atoms with Crippen LogP contribution >= 0.6 is 0 Å². The van der Waals surface area contributed by atoms with Gasteiger partial charge < -0.3 is 26.4 Å². The summed E-state index contributed by atoms with van der Waals surface area (Å²) in [6, 6.07) is 6.72. The summed E-state index contributed by atoms with van der Waals surface area (Å²) in [5, 5.41) is 29.8. The molecule has 0 fully saturated rings. The van der Waals surface area contributed by atoms with Crippen LogP contribution in [-0.2, 0) is 13.2 Å². The lowest BCUT2D eigenvalue weighted by atomic mass is 10.1. The average molecular weight is 317 g/mol. The number of aromatic carboxylic acids is 1. The van der Waals surface area contributed by atoms with E-state index < -0.39 is 11.9 Å². The first kappa shape index (κ1) is 16.4. The fourth-order valence-electron chi connectivity index (χ4n) is 1.99. The van der Waals surface area contributed by atoms with Gasteiger partial charge in [0, 0.05) is 16.9 Å². The zero-order valence-corrected chi connectivity index (χ0v) is 12.0. The van der Waals surface area contributed by atoms with E-state index in [4.69, 9.17) is 21.1 Å². The molecule has 1 aromatic heterocycles. The highest BCUT2D eigenvalue weighted by Gasteiger charge is 2.12. The fraction of sp³-hybridized carbons (Fsp3) is 0.133. The van der Waals surface area contributed by atoms with E-state index in [-0.39, 0.29) is 47.1 Å². The van der Waals surface area contributed by atoms with E-state index in [9.17, 15) is 9.59 Å². The Balaban J connectivity index is 2.30. The molecule has 120 valence electrons. The van der Waals surface area contributed by atoms with Crippen LogP contribution in [0.4, 0.5) is 11.4 Å². The summed E-state index contributed by atoms with van der Waals surface area (Å²) in [7, 11) is 0. The summed E-state index contributed by atoms with van der Waals surface area (Å²) in [6.07, 6.45) is 0. The maximum absolute atomic E-state index is 12.3. The van der Waals surface area contributed by atoms with Crippen LogP contribution in [0.2, 0.25) is 0 Å². The molecule has 1 aromatic carbocycles. The van der Waals surface area contributed by atoms with Gasteiger partial charge in [-0.05, 0) is 30.3 Å². The Bertz CT molecular complexity index is 739. The van der Waals surface area contributed by atoms with Gasteiger partial charge in [-0.15, -0.1) is 0 Å². The van der Waals surface area contributed by atoms with Crippen molar-refractivity contribution in [1.82, 2.24) is 4.98 Å². The van der Waals surface area contributed by atoms with Crippen molar-refractivity contribution in [2.24, 2.45) is 0 Å². The largest absolute Gasteiger partial charge is 0.478 e. The first-order chi connectivity index (χ1) is 10.9. The topological polar surface area (TPSA) is 146 Å². The molecule has 0 saturated heterocycles. The van der Waals surface area contributed by atoms with Crippen molar-refractivity contribution in [2.45, 2.75) is 13.2 Å². The van der Waals surface area contributed by atoms with Crippen molar-refractivity contribution < 1.29 is 24.9 Å². The maximum Gasteiger partial charge on any atom is 0.335 e. The van der Waals surface area contributed by atoms with Gasteiger partial charge in [0.25, 0.3) is 5.91 Å². The summed E-state index contributed by atoms with van der Waals surface area (Å²) in [5.41, 5.74) is 6.62. The average Bonchev–Trinajstić information content (AvgIpc) is 2.53. The summed E-state index contributed by atoms with van der Waals surface area (Å²) in [4.78, 5) is 27.2. The number of aliphatic hydroxyl groups is 2. The van der Waals surface area contributed by atoms with E-state index in [1.807, 2.05) is 0 Å². The molecule has 0 atom stereocenters. The normalized spacial score (nSPS) is 10.3. The number of aromatic nitrogens is 1. The second kappa shape index (κ2) is 6.86. The number of pyridine rings is 1. The van der Waals surface area contributed by atoms with E-state index in [0.717, 1.165) is 0 Å². The lowest BCUT2D eigenvalue weighted by molar-refractivity contribution is 0.0696. The molecule has 23 heavy (non-hydrogen) atoms. The third-order valence-electron chi connectivity index (χ3n) is 2.98. The molecule has 0 unspecified atom stereocenters. The smallest absolute Gasteiger partial charge is 0.335 e. The first-order valence-electron chi connectivity index (χ1n) is 6.59. The van der Waals surface area contributed by atoms with Gasteiger partial charge in [0.1, 0.15) is 0 Å². The Morgan fingerprint density at radius 2 is 1.61 bits per heavy atom. The van der Waals surface area contributed by atoms with Crippen LogP contribution < -0.4 is 11.1 Å². The minimum atomic E-state index is -1.16. The molecule has 0 aliphatic rings. The summed E-state index contributed by atoms with van der Waals surface area (Å²) >= 11 is 0. The Labute approximate surface area is 131 Å². The number of hydrogen-bond acceptors (Lipinski definition) is 6. The third-order valence-corrected chi connectivity index (χ3v) is 2.98. The number of carbonyl (C=O) groups excluding carboxylic acids is 1. The zero-order chi connectivity index (χ0) is 17.0. The monoisotopic (exact) mass is 317 g/mol. The number of carboxylic acids is 1. The zero-order valence-electron chi connectivity index (χ0n) is 12.0. The predicted molar refractivity (Wildman–Crippen MR) is 81.8 cm³/mol. The number of amides is 1. The van der Waals surface area contributed by atoms with Gasteiger partial charge in [-0.1, -0.05) is 0 Å². The van der Waals surface area contributed by atoms with Crippen LogP contribution in [0, 0.1) is 0 Å². The first-order valence-corrected chi connectivity index (χ1v) is 6.59. The molecule has 0 radical (unpaired) electrons. The fourth-order valence-corrected chi connectivity index (χ4v) is 1.99. The summed E-state index contributed by atoms with van der Waals surface area (Å²) in [5.74, 6) is -1.71. The van der Waals surface area contributed by atoms with Crippen LogP contribution in [0.5, 0.6) is 0 Å². The van der Waals surface area contributed by atoms with Crippen molar-refractivity contribution in [3.8, 4) is 0 Å². The number of nitrogens with one attached hydrogen (secondary N) is 1. The van der Waals surface area contributed by atoms with Crippen molar-refractivity contribution in [3.63, 3.8) is 0 Å². The van der Waals surface area contributed by atoms with Gasteiger partial charge in [0.05, 0.1) is 30.2 Å². The molecule has 2 rings (SSSR count). The number of nitrogens with two attached hydrogens (primary N) is 1. The van der Waals surface area contributed by atoms with Crippen molar-refractivity contribution >= 4 is 23.3 Å². The lowest BCUT2D eigenvalue weighted by Gasteiger charge is -2.09. The summed E-state index contributed by atoms with van der Waals surface area (Å²) in [6.45, 7) is -0.759. The van der Waals surface area contributed by atoms with Crippen LogP contribution in [0.3, 0.4) is 0 Å². The van der Waals surface area contributed by atoms with Crippen LogP contribution in [0.15, 0.2) is 30.3 Å². The van der Waals surface area contributed by atoms with Gasteiger partial charge in [-0.3, -0.25) is 9.78 Å². The molecule has 0 bridgehead atoms. The lowest BCUT2D eigenvalue weighted by Crippen LogP contribution is -2.14. The Kier molecular flexibility index (Phi) is 4.89. The van der Waals surface area contributed by atoms with Gasteiger partial charge >= 0.3 is 5.97 Å². The number of nitrogens with zero attached hydrogens (tertiary/aromatic N) is 1. The van der Waals surface area contributed by atoms with E-state index in [2.05, 4.69) is 10.3 Å². The van der Waals surface area contributed by atoms with Gasteiger partial charge in [-0.25, -0.2) is 4.79 Å². The van der Waals surface area contributed by atoms with E-state index in [0.29, 0.717) is 0 Å². The number of nitrogen functional groups attached to an aromatic ring is 1. The molecule has 0 aliphatic heterocycles. The minimum absolute atomic E-state index is 0.0536.